The molecule has 0 N–H and O–H groups in total. The Hall–Kier alpha value is -3.91. The molecule has 0 radical (unpaired) electrons. The van der Waals surface area contributed by atoms with Gasteiger partial charge in [0.1, 0.15) is 18.0 Å². The summed E-state index contributed by atoms with van der Waals surface area (Å²) in [5, 5.41) is 0.896. The van der Waals surface area contributed by atoms with Gasteiger partial charge in [-0.3, -0.25) is 4.79 Å². The molecule has 1 aromatic heterocycles. The minimum Gasteiger partial charge on any atom is -0.497 e. The molecule has 0 aliphatic rings. The number of para-hydroxylation sites is 1. The van der Waals surface area contributed by atoms with E-state index in [-0.39, 0.29) is 12.5 Å². The summed E-state index contributed by atoms with van der Waals surface area (Å²) in [6.45, 7) is 2.69. The fraction of sp³-hybridized carbons (Fsp3) is 0.250. The van der Waals surface area contributed by atoms with Gasteiger partial charge in [0.05, 0.1) is 39.4 Å². The predicted octanol–water partition coefficient (Wildman–Crippen LogP) is 6.29. The average Bonchev–Trinajstić information content (AvgIpc) is 3.23. The van der Waals surface area contributed by atoms with Crippen molar-refractivity contribution in [2.75, 3.05) is 39.4 Å². The van der Waals surface area contributed by atoms with Gasteiger partial charge in [-0.25, -0.2) is 0 Å². The molecule has 0 saturated carbocycles. The Balaban J connectivity index is 1.79. The molecule has 0 unspecified atom stereocenters. The molecular weight excluding hydrogens is 478 g/mol. The number of ether oxygens (including phenoxy) is 5. The number of hydrogen-bond donors (Lipinski definition) is 0. The van der Waals surface area contributed by atoms with Crippen LogP contribution in [-0.4, -0.2) is 40.5 Å². The van der Waals surface area contributed by atoms with E-state index < -0.39 is 0 Å². The Bertz CT molecular complexity index is 1300. The number of thiophene rings is 1. The molecule has 0 saturated heterocycles. The Morgan fingerprint density at radius 1 is 0.861 bits per heavy atom. The lowest BCUT2D eigenvalue weighted by Crippen LogP contribution is -2.30. The van der Waals surface area contributed by atoms with Gasteiger partial charge in [0.25, 0.3) is 0 Å². The zero-order chi connectivity index (χ0) is 25.5. The van der Waals surface area contributed by atoms with Crippen LogP contribution in [0.1, 0.15) is 11.8 Å². The molecule has 0 fully saturated rings. The number of benzene rings is 3. The third kappa shape index (κ3) is 5.66. The Labute approximate surface area is 214 Å². The Morgan fingerprint density at radius 2 is 1.53 bits per heavy atom. The van der Waals surface area contributed by atoms with Crippen molar-refractivity contribution in [3.8, 4) is 28.7 Å². The van der Waals surface area contributed by atoms with Crippen LogP contribution >= 0.6 is 11.3 Å². The van der Waals surface area contributed by atoms with Crippen molar-refractivity contribution in [1.82, 2.24) is 0 Å². The highest BCUT2D eigenvalue weighted by molar-refractivity contribution is 7.19. The van der Waals surface area contributed by atoms with Crippen LogP contribution in [0.4, 0.5) is 5.69 Å². The second-order valence-electron chi connectivity index (χ2n) is 7.83. The zero-order valence-corrected chi connectivity index (χ0v) is 21.6. The van der Waals surface area contributed by atoms with E-state index in [9.17, 15) is 4.79 Å². The first kappa shape index (κ1) is 25.2. The van der Waals surface area contributed by atoms with Gasteiger partial charge in [-0.1, -0.05) is 18.2 Å². The first-order chi connectivity index (χ1) is 17.6. The summed E-state index contributed by atoms with van der Waals surface area (Å²) in [6.07, 6.45) is 0. The monoisotopic (exact) mass is 507 g/mol. The summed E-state index contributed by atoms with van der Waals surface area (Å²) in [4.78, 5) is 15.4. The van der Waals surface area contributed by atoms with Gasteiger partial charge >= 0.3 is 5.97 Å². The number of anilines is 1. The summed E-state index contributed by atoms with van der Waals surface area (Å²) in [6, 6.07) is 21.1. The minimum atomic E-state index is -0.288. The van der Waals surface area contributed by atoms with E-state index in [1.807, 2.05) is 71.6 Å². The maximum atomic E-state index is 12.5. The maximum Gasteiger partial charge on any atom is 0.325 e. The van der Waals surface area contributed by atoms with Gasteiger partial charge < -0.3 is 28.6 Å². The fourth-order valence-electron chi connectivity index (χ4n) is 3.84. The zero-order valence-electron chi connectivity index (χ0n) is 20.8. The van der Waals surface area contributed by atoms with Crippen molar-refractivity contribution < 1.29 is 28.5 Å². The summed E-state index contributed by atoms with van der Waals surface area (Å²) < 4.78 is 29.0. The minimum absolute atomic E-state index is 0.112. The van der Waals surface area contributed by atoms with Gasteiger partial charge in [-0.05, 0) is 49.4 Å². The molecule has 0 amide bonds. The van der Waals surface area contributed by atoms with Crippen LogP contribution in [0.2, 0.25) is 0 Å². The number of fused-ring (bicyclic) bond motifs is 1. The second kappa shape index (κ2) is 11.7. The largest absolute Gasteiger partial charge is 0.497 e. The van der Waals surface area contributed by atoms with E-state index in [4.69, 9.17) is 23.7 Å². The van der Waals surface area contributed by atoms with Crippen LogP contribution in [0.25, 0.3) is 10.1 Å². The van der Waals surface area contributed by atoms with Crippen molar-refractivity contribution in [1.29, 1.82) is 0 Å². The number of carbonyl (C=O) groups excluding carboxylic acids is 1. The molecule has 0 aliphatic heterocycles. The third-order valence-electron chi connectivity index (χ3n) is 5.58. The molecular formula is C28H29NO6S. The molecule has 4 rings (SSSR count). The number of rotatable bonds is 11. The molecule has 4 aromatic rings. The number of hydrogen-bond acceptors (Lipinski definition) is 8. The summed E-state index contributed by atoms with van der Waals surface area (Å²) in [7, 11) is 4.85. The molecule has 3 aromatic carbocycles. The summed E-state index contributed by atoms with van der Waals surface area (Å²) >= 11 is 1.58. The molecule has 188 valence electrons. The molecule has 0 spiro atoms. The highest BCUT2D eigenvalue weighted by Gasteiger charge is 2.22. The van der Waals surface area contributed by atoms with Crippen LogP contribution in [0.5, 0.6) is 28.7 Å². The highest BCUT2D eigenvalue weighted by atomic mass is 32.1. The second-order valence-corrected chi connectivity index (χ2v) is 8.97. The smallest absolute Gasteiger partial charge is 0.325 e. The van der Waals surface area contributed by atoms with E-state index in [1.54, 1.807) is 39.6 Å². The quantitative estimate of drug-likeness (QED) is 0.221. The fourth-order valence-corrected chi connectivity index (χ4v) is 5.00. The number of methoxy groups -OCH3 is 3. The van der Waals surface area contributed by atoms with E-state index in [0.29, 0.717) is 36.1 Å². The standard InChI is InChI=1S/C28H29NO6S/c1-5-34-27(30)18-29(19-9-7-6-8-10-19)17-26-28(35-21-13-11-20(31-2)12-14-21)22-15-23(32-3)24(33-4)16-25(22)36-26/h6-16H,5,17-18H2,1-4H3. The molecule has 0 atom stereocenters. The molecule has 0 aliphatic carbocycles. The summed E-state index contributed by atoms with van der Waals surface area (Å²) in [5.74, 6) is 3.08. The lowest BCUT2D eigenvalue weighted by molar-refractivity contribution is -0.141. The van der Waals surface area contributed by atoms with Crippen molar-refractivity contribution in [2.24, 2.45) is 0 Å². The Kier molecular flexibility index (Phi) is 8.17. The Morgan fingerprint density at radius 3 is 2.17 bits per heavy atom. The lowest BCUT2D eigenvalue weighted by Gasteiger charge is -2.24. The van der Waals surface area contributed by atoms with Crippen molar-refractivity contribution in [3.05, 3.63) is 71.6 Å². The van der Waals surface area contributed by atoms with E-state index >= 15 is 0 Å². The van der Waals surface area contributed by atoms with Crippen molar-refractivity contribution >= 4 is 33.1 Å². The number of carbonyl (C=O) groups is 1. The van der Waals surface area contributed by atoms with Crippen molar-refractivity contribution in [3.63, 3.8) is 0 Å². The molecule has 36 heavy (non-hydrogen) atoms. The van der Waals surface area contributed by atoms with Crippen molar-refractivity contribution in [2.45, 2.75) is 13.5 Å². The van der Waals surface area contributed by atoms with Crippen LogP contribution in [0.3, 0.4) is 0 Å². The van der Waals surface area contributed by atoms with Gasteiger partial charge in [0.15, 0.2) is 17.2 Å². The van der Waals surface area contributed by atoms with E-state index in [1.165, 1.54) is 0 Å². The predicted molar refractivity (Wildman–Crippen MR) is 142 cm³/mol. The molecule has 0 bridgehead atoms. The normalized spacial score (nSPS) is 10.7. The van der Waals surface area contributed by atoms with Crippen LogP contribution < -0.4 is 23.8 Å². The number of nitrogens with zero attached hydrogens (tertiary/aromatic N) is 1. The molecule has 8 heteroatoms. The van der Waals surface area contributed by atoms with Crippen LogP contribution in [-0.2, 0) is 16.1 Å². The van der Waals surface area contributed by atoms with E-state index in [2.05, 4.69) is 0 Å². The first-order valence-electron chi connectivity index (χ1n) is 11.5. The first-order valence-corrected chi connectivity index (χ1v) is 12.3. The van der Waals surface area contributed by atoms with Gasteiger partial charge in [-0.2, -0.15) is 0 Å². The van der Waals surface area contributed by atoms with Gasteiger partial charge in [0, 0.05) is 21.8 Å². The van der Waals surface area contributed by atoms with Crippen LogP contribution in [0.15, 0.2) is 66.7 Å². The lowest BCUT2D eigenvalue weighted by atomic mass is 10.2. The van der Waals surface area contributed by atoms with E-state index in [0.717, 1.165) is 26.4 Å². The molecule has 1 heterocycles. The van der Waals surface area contributed by atoms with Crippen LogP contribution in [0, 0.1) is 0 Å². The average molecular weight is 508 g/mol. The van der Waals surface area contributed by atoms with Gasteiger partial charge in [0.2, 0.25) is 0 Å². The highest BCUT2D eigenvalue weighted by Crippen LogP contribution is 2.45. The summed E-state index contributed by atoms with van der Waals surface area (Å²) in [5.41, 5.74) is 0.911. The SMILES string of the molecule is CCOC(=O)CN(Cc1sc2cc(OC)c(OC)cc2c1Oc1ccc(OC)cc1)c1ccccc1. The maximum absolute atomic E-state index is 12.5. The topological polar surface area (TPSA) is 66.5 Å². The number of esters is 1. The van der Waals surface area contributed by atoms with Gasteiger partial charge in [-0.15, -0.1) is 11.3 Å². The third-order valence-corrected chi connectivity index (χ3v) is 6.70. The molecule has 7 nitrogen and oxygen atoms in total.